The average Bonchev–Trinajstić information content (AvgIpc) is 2.97. The fourth-order valence-electron chi connectivity index (χ4n) is 3.04. The number of piperidine rings is 1. The van der Waals surface area contributed by atoms with Crippen molar-refractivity contribution in [2.75, 3.05) is 26.2 Å². The number of carbonyl (C=O) groups excluding carboxylic acids is 1. The quantitative estimate of drug-likeness (QED) is 0.744. The minimum Gasteiger partial charge on any atom is -0.368 e. The number of hydrogen-bond acceptors (Lipinski definition) is 3. The molecule has 0 atom stereocenters. The van der Waals surface area contributed by atoms with Crippen LogP contribution in [-0.2, 0) is 9.53 Å². The second-order valence-electron chi connectivity index (χ2n) is 5.53. The van der Waals surface area contributed by atoms with Gasteiger partial charge in [0.2, 0.25) is 5.91 Å². The minimum absolute atomic E-state index is 0.130. The maximum Gasteiger partial charge on any atom is 0.249 e. The summed E-state index contributed by atoms with van der Waals surface area (Å²) in [5.41, 5.74) is 0. The maximum atomic E-state index is 12.3. The first kappa shape index (κ1) is 14.5. The van der Waals surface area contributed by atoms with Crippen molar-refractivity contribution in [3.05, 3.63) is 12.7 Å². The summed E-state index contributed by atoms with van der Waals surface area (Å²) in [7, 11) is 0. The third-order valence-electron chi connectivity index (χ3n) is 4.14. The lowest BCUT2D eigenvalue weighted by Gasteiger charge is -2.29. The number of nitrogens with one attached hydrogen (secondary N) is 1. The molecule has 2 aliphatic rings. The fraction of sp³-hybridized carbons (Fsp3) is 0.800. The van der Waals surface area contributed by atoms with Gasteiger partial charge in [0.15, 0.2) is 0 Å². The van der Waals surface area contributed by atoms with Crippen LogP contribution in [-0.4, -0.2) is 49.2 Å². The molecule has 0 aromatic carbocycles. The van der Waals surface area contributed by atoms with Crippen molar-refractivity contribution >= 4 is 5.91 Å². The molecule has 1 heterocycles. The van der Waals surface area contributed by atoms with Crippen molar-refractivity contribution in [1.82, 2.24) is 10.2 Å². The Bertz CT molecular complexity index is 295. The van der Waals surface area contributed by atoms with E-state index in [1.54, 1.807) is 0 Å². The Labute approximate surface area is 116 Å². The van der Waals surface area contributed by atoms with Gasteiger partial charge < -0.3 is 15.0 Å². The van der Waals surface area contributed by atoms with E-state index in [0.717, 1.165) is 38.8 Å². The van der Waals surface area contributed by atoms with Gasteiger partial charge in [-0.15, -0.1) is 6.58 Å². The largest absolute Gasteiger partial charge is 0.368 e. The van der Waals surface area contributed by atoms with Gasteiger partial charge in [-0.1, -0.05) is 18.9 Å². The molecule has 4 heteroatoms. The molecular formula is C15H26N2O2. The fourth-order valence-corrected chi connectivity index (χ4v) is 3.04. The molecule has 0 aromatic heterocycles. The predicted molar refractivity (Wildman–Crippen MR) is 76.0 cm³/mol. The van der Waals surface area contributed by atoms with Crippen molar-refractivity contribution in [3.8, 4) is 0 Å². The van der Waals surface area contributed by atoms with E-state index in [-0.39, 0.29) is 18.6 Å². The third-order valence-corrected chi connectivity index (χ3v) is 4.14. The molecular weight excluding hydrogens is 240 g/mol. The SMILES string of the molecule is C=CCN(C(=O)COC1CCNCC1)C1CCCC1. The molecule has 1 amide bonds. The van der Waals surface area contributed by atoms with E-state index in [2.05, 4.69) is 11.9 Å². The summed E-state index contributed by atoms with van der Waals surface area (Å²) in [6.07, 6.45) is 8.83. The molecule has 108 valence electrons. The summed E-state index contributed by atoms with van der Waals surface area (Å²) in [5.74, 6) is 0.130. The Morgan fingerprint density at radius 2 is 1.95 bits per heavy atom. The van der Waals surface area contributed by atoms with Crippen LogP contribution in [0.25, 0.3) is 0 Å². The Hall–Kier alpha value is -0.870. The van der Waals surface area contributed by atoms with Crippen LogP contribution in [0.3, 0.4) is 0 Å². The number of amides is 1. The molecule has 1 saturated heterocycles. The zero-order chi connectivity index (χ0) is 13.5. The highest BCUT2D eigenvalue weighted by Gasteiger charge is 2.26. The molecule has 2 fully saturated rings. The molecule has 0 unspecified atom stereocenters. The number of ether oxygens (including phenoxy) is 1. The van der Waals surface area contributed by atoms with Gasteiger partial charge in [0, 0.05) is 12.6 Å². The lowest BCUT2D eigenvalue weighted by Crippen LogP contribution is -2.42. The van der Waals surface area contributed by atoms with Crippen molar-refractivity contribution in [2.45, 2.75) is 50.7 Å². The summed E-state index contributed by atoms with van der Waals surface area (Å²) < 4.78 is 5.77. The highest BCUT2D eigenvalue weighted by Crippen LogP contribution is 2.23. The Kier molecular flexibility index (Phi) is 5.86. The number of rotatable bonds is 6. The van der Waals surface area contributed by atoms with Crippen LogP contribution in [0.2, 0.25) is 0 Å². The van der Waals surface area contributed by atoms with Gasteiger partial charge in [0.1, 0.15) is 6.61 Å². The summed E-state index contributed by atoms with van der Waals surface area (Å²) >= 11 is 0. The van der Waals surface area contributed by atoms with E-state index in [1.165, 1.54) is 12.8 Å². The lowest BCUT2D eigenvalue weighted by molar-refractivity contribution is -0.140. The van der Waals surface area contributed by atoms with Gasteiger partial charge in [0.25, 0.3) is 0 Å². The van der Waals surface area contributed by atoms with Crippen LogP contribution < -0.4 is 5.32 Å². The maximum absolute atomic E-state index is 12.3. The van der Waals surface area contributed by atoms with Crippen molar-refractivity contribution in [3.63, 3.8) is 0 Å². The Morgan fingerprint density at radius 1 is 1.26 bits per heavy atom. The predicted octanol–water partition coefficient (Wildman–Crippen LogP) is 1.71. The zero-order valence-electron chi connectivity index (χ0n) is 11.8. The number of hydrogen-bond donors (Lipinski definition) is 1. The molecule has 19 heavy (non-hydrogen) atoms. The molecule has 1 saturated carbocycles. The molecule has 2 rings (SSSR count). The van der Waals surface area contributed by atoms with E-state index in [4.69, 9.17) is 4.74 Å². The van der Waals surface area contributed by atoms with E-state index in [0.29, 0.717) is 12.6 Å². The standard InChI is InChI=1S/C15H26N2O2/c1-2-11-17(13-5-3-4-6-13)15(18)12-19-14-7-9-16-10-8-14/h2,13-14,16H,1,3-12H2. The summed E-state index contributed by atoms with van der Waals surface area (Å²) in [4.78, 5) is 14.3. The van der Waals surface area contributed by atoms with Crippen LogP contribution in [0.15, 0.2) is 12.7 Å². The van der Waals surface area contributed by atoms with E-state index < -0.39 is 0 Å². The van der Waals surface area contributed by atoms with Crippen molar-refractivity contribution in [1.29, 1.82) is 0 Å². The van der Waals surface area contributed by atoms with Gasteiger partial charge in [-0.3, -0.25) is 4.79 Å². The summed E-state index contributed by atoms with van der Waals surface area (Å²) in [6, 6.07) is 0.405. The molecule has 0 radical (unpaired) electrons. The smallest absolute Gasteiger partial charge is 0.249 e. The summed E-state index contributed by atoms with van der Waals surface area (Å²) in [5, 5.41) is 3.30. The number of carbonyl (C=O) groups is 1. The second kappa shape index (κ2) is 7.65. The van der Waals surface area contributed by atoms with Gasteiger partial charge in [-0.25, -0.2) is 0 Å². The van der Waals surface area contributed by atoms with Crippen LogP contribution in [0, 0.1) is 0 Å². The molecule has 0 aromatic rings. The van der Waals surface area contributed by atoms with Crippen LogP contribution in [0.1, 0.15) is 38.5 Å². The van der Waals surface area contributed by atoms with Crippen molar-refractivity contribution < 1.29 is 9.53 Å². The Morgan fingerprint density at radius 3 is 2.58 bits per heavy atom. The molecule has 4 nitrogen and oxygen atoms in total. The third kappa shape index (κ3) is 4.32. The van der Waals surface area contributed by atoms with Crippen LogP contribution in [0.4, 0.5) is 0 Å². The van der Waals surface area contributed by atoms with Crippen molar-refractivity contribution in [2.24, 2.45) is 0 Å². The molecule has 1 aliphatic heterocycles. The molecule has 0 spiro atoms. The molecule has 1 N–H and O–H groups in total. The second-order valence-corrected chi connectivity index (χ2v) is 5.53. The van der Waals surface area contributed by atoms with E-state index in [9.17, 15) is 4.79 Å². The first-order chi connectivity index (χ1) is 9.31. The average molecular weight is 266 g/mol. The topological polar surface area (TPSA) is 41.6 Å². The minimum atomic E-state index is 0.130. The van der Waals surface area contributed by atoms with Gasteiger partial charge in [0.05, 0.1) is 6.10 Å². The van der Waals surface area contributed by atoms with Crippen LogP contribution >= 0.6 is 0 Å². The van der Waals surface area contributed by atoms with E-state index >= 15 is 0 Å². The highest BCUT2D eigenvalue weighted by atomic mass is 16.5. The van der Waals surface area contributed by atoms with Gasteiger partial charge in [-0.05, 0) is 38.8 Å². The lowest BCUT2D eigenvalue weighted by atomic mass is 10.1. The van der Waals surface area contributed by atoms with Crippen LogP contribution in [0.5, 0.6) is 0 Å². The monoisotopic (exact) mass is 266 g/mol. The van der Waals surface area contributed by atoms with Gasteiger partial charge >= 0.3 is 0 Å². The normalized spacial score (nSPS) is 21.5. The first-order valence-corrected chi connectivity index (χ1v) is 7.54. The Balaban J connectivity index is 1.79. The first-order valence-electron chi connectivity index (χ1n) is 7.54. The molecule has 0 bridgehead atoms. The van der Waals surface area contributed by atoms with E-state index in [1.807, 2.05) is 11.0 Å². The highest BCUT2D eigenvalue weighted by molar-refractivity contribution is 5.78. The van der Waals surface area contributed by atoms with Gasteiger partial charge in [-0.2, -0.15) is 0 Å². The number of nitrogens with zero attached hydrogens (tertiary/aromatic N) is 1. The summed E-state index contributed by atoms with van der Waals surface area (Å²) in [6.45, 7) is 6.64. The zero-order valence-corrected chi connectivity index (χ0v) is 11.8. The molecule has 1 aliphatic carbocycles.